The minimum atomic E-state index is 0.0109. The molecule has 2 aromatic rings. The molecular weight excluding hydrogens is 306 g/mol. The Bertz CT molecular complexity index is 654. The number of hydrogen-bond donors (Lipinski definition) is 1. The van der Waals surface area contributed by atoms with E-state index in [1.807, 2.05) is 28.5 Å². The zero-order chi connectivity index (χ0) is 15.6. The first kappa shape index (κ1) is 14.7. The second kappa shape index (κ2) is 6.34. The molecule has 1 unspecified atom stereocenters. The molecule has 0 bridgehead atoms. The van der Waals surface area contributed by atoms with Crippen molar-refractivity contribution in [3.05, 3.63) is 53.4 Å². The van der Waals surface area contributed by atoms with Gasteiger partial charge in [-0.15, -0.1) is 11.3 Å². The molecule has 1 N–H and O–H groups in total. The molecule has 1 aromatic heterocycles. The molecule has 2 aliphatic rings. The Labute approximate surface area is 140 Å². The van der Waals surface area contributed by atoms with E-state index in [4.69, 9.17) is 0 Å². The third-order valence-corrected chi connectivity index (χ3v) is 5.46. The maximum atomic E-state index is 12.7. The van der Waals surface area contributed by atoms with Gasteiger partial charge in [0.05, 0.1) is 11.0 Å². The van der Waals surface area contributed by atoms with Gasteiger partial charge in [0.15, 0.2) is 0 Å². The van der Waals surface area contributed by atoms with Gasteiger partial charge in [-0.25, -0.2) is 4.79 Å². The number of carbonyl (C=O) groups is 1. The summed E-state index contributed by atoms with van der Waals surface area (Å²) in [4.78, 5) is 17.3. The topological polar surface area (TPSA) is 35.6 Å². The fourth-order valence-electron chi connectivity index (χ4n) is 3.31. The van der Waals surface area contributed by atoms with Crippen molar-refractivity contribution in [1.82, 2.24) is 9.80 Å². The molecule has 1 atom stereocenters. The Morgan fingerprint density at radius 2 is 1.91 bits per heavy atom. The van der Waals surface area contributed by atoms with Gasteiger partial charge in [-0.2, -0.15) is 0 Å². The molecule has 2 heterocycles. The zero-order valence-corrected chi connectivity index (χ0v) is 13.8. The lowest BCUT2D eigenvalue weighted by Crippen LogP contribution is -2.52. The van der Waals surface area contributed by atoms with Crippen LogP contribution in [0.3, 0.4) is 0 Å². The average molecular weight is 327 g/mol. The van der Waals surface area contributed by atoms with E-state index < -0.39 is 0 Å². The summed E-state index contributed by atoms with van der Waals surface area (Å²) >= 11 is 1.56. The van der Waals surface area contributed by atoms with Crippen molar-refractivity contribution in [2.45, 2.75) is 24.9 Å². The lowest BCUT2D eigenvalue weighted by atomic mass is 10.0. The molecule has 1 aromatic carbocycles. The van der Waals surface area contributed by atoms with E-state index in [9.17, 15) is 4.79 Å². The average Bonchev–Trinajstić information content (AvgIpc) is 3.33. The molecular formula is C18H21N3OS. The van der Waals surface area contributed by atoms with Crippen LogP contribution in [-0.4, -0.2) is 41.5 Å². The highest BCUT2D eigenvalue weighted by Gasteiger charge is 2.37. The molecule has 0 radical (unpaired) electrons. The monoisotopic (exact) mass is 327 g/mol. The lowest BCUT2D eigenvalue weighted by Gasteiger charge is -2.41. The number of anilines is 1. The van der Waals surface area contributed by atoms with Gasteiger partial charge in [-0.3, -0.25) is 10.2 Å². The standard InChI is InChI=1S/C18H21N3OS/c22-18(19-17-7-4-12-23-17)21-11-10-20(15-8-9-15)13-16(21)14-5-2-1-3-6-14/h1-7,12,15-16H,8-11,13H2,(H,19,22). The fourth-order valence-corrected chi connectivity index (χ4v) is 3.91. The maximum absolute atomic E-state index is 12.7. The Morgan fingerprint density at radius 3 is 2.61 bits per heavy atom. The van der Waals surface area contributed by atoms with Crippen molar-refractivity contribution >= 4 is 22.4 Å². The number of benzene rings is 1. The SMILES string of the molecule is O=C(Nc1cccs1)N1CCN(C2CC2)CC1c1ccccc1. The van der Waals surface area contributed by atoms with Crippen molar-refractivity contribution in [2.24, 2.45) is 0 Å². The number of thiophene rings is 1. The van der Waals surface area contributed by atoms with Gasteiger partial charge < -0.3 is 4.90 Å². The first-order valence-electron chi connectivity index (χ1n) is 8.21. The summed E-state index contributed by atoms with van der Waals surface area (Å²) in [7, 11) is 0. The van der Waals surface area contributed by atoms with Gasteiger partial charge >= 0.3 is 6.03 Å². The number of amides is 2. The third-order valence-electron chi connectivity index (χ3n) is 4.67. The van der Waals surface area contributed by atoms with Crippen LogP contribution in [0.25, 0.3) is 0 Å². The second-order valence-electron chi connectivity index (χ2n) is 6.25. The van der Waals surface area contributed by atoms with Crippen molar-refractivity contribution in [3.8, 4) is 0 Å². The van der Waals surface area contributed by atoms with Crippen LogP contribution in [0.4, 0.5) is 9.80 Å². The fraction of sp³-hybridized carbons (Fsp3) is 0.389. The van der Waals surface area contributed by atoms with Crippen molar-refractivity contribution < 1.29 is 4.79 Å². The van der Waals surface area contributed by atoms with Crippen LogP contribution in [0, 0.1) is 0 Å². The minimum Gasteiger partial charge on any atom is -0.315 e. The van der Waals surface area contributed by atoms with E-state index in [1.54, 1.807) is 11.3 Å². The number of carbonyl (C=O) groups excluding carboxylic acids is 1. The van der Waals surface area contributed by atoms with Gasteiger partial charge in [0, 0.05) is 25.7 Å². The van der Waals surface area contributed by atoms with Gasteiger partial charge in [0.1, 0.15) is 0 Å². The van der Waals surface area contributed by atoms with Crippen LogP contribution in [0.2, 0.25) is 0 Å². The summed E-state index contributed by atoms with van der Waals surface area (Å²) in [6, 6.07) is 15.2. The van der Waals surface area contributed by atoms with Gasteiger partial charge in [0.2, 0.25) is 0 Å². The molecule has 1 aliphatic heterocycles. The lowest BCUT2D eigenvalue weighted by molar-refractivity contribution is 0.0955. The van der Waals surface area contributed by atoms with E-state index in [1.165, 1.54) is 18.4 Å². The molecule has 1 saturated carbocycles. The van der Waals surface area contributed by atoms with Crippen LogP contribution in [0.5, 0.6) is 0 Å². The maximum Gasteiger partial charge on any atom is 0.323 e. The van der Waals surface area contributed by atoms with E-state index in [2.05, 4.69) is 34.5 Å². The molecule has 2 fully saturated rings. The Balaban J connectivity index is 1.54. The van der Waals surface area contributed by atoms with Crippen LogP contribution in [-0.2, 0) is 0 Å². The van der Waals surface area contributed by atoms with Gasteiger partial charge in [-0.05, 0) is 35.9 Å². The number of nitrogens with one attached hydrogen (secondary N) is 1. The molecule has 23 heavy (non-hydrogen) atoms. The molecule has 4 nitrogen and oxygen atoms in total. The minimum absolute atomic E-state index is 0.0109. The van der Waals surface area contributed by atoms with Crippen molar-refractivity contribution in [3.63, 3.8) is 0 Å². The summed E-state index contributed by atoms with van der Waals surface area (Å²) in [6.45, 7) is 2.70. The van der Waals surface area contributed by atoms with E-state index in [0.29, 0.717) is 0 Å². The number of nitrogens with zero attached hydrogens (tertiary/aromatic N) is 2. The van der Waals surface area contributed by atoms with Crippen LogP contribution in [0.1, 0.15) is 24.4 Å². The third kappa shape index (κ3) is 3.26. The highest BCUT2D eigenvalue weighted by atomic mass is 32.1. The first-order chi connectivity index (χ1) is 11.3. The van der Waals surface area contributed by atoms with E-state index >= 15 is 0 Å². The predicted octanol–water partition coefficient (Wildman–Crippen LogP) is 3.80. The first-order valence-corrected chi connectivity index (χ1v) is 9.09. The molecule has 120 valence electrons. The number of rotatable bonds is 3. The van der Waals surface area contributed by atoms with E-state index in [0.717, 1.165) is 30.7 Å². The normalized spacial score (nSPS) is 22.1. The quantitative estimate of drug-likeness (QED) is 0.931. The molecule has 4 rings (SSSR count). The van der Waals surface area contributed by atoms with Crippen LogP contribution < -0.4 is 5.32 Å². The van der Waals surface area contributed by atoms with Gasteiger partial charge in [0.25, 0.3) is 0 Å². The Morgan fingerprint density at radius 1 is 1.09 bits per heavy atom. The number of urea groups is 1. The number of hydrogen-bond acceptors (Lipinski definition) is 3. The second-order valence-corrected chi connectivity index (χ2v) is 7.20. The highest BCUT2D eigenvalue weighted by Crippen LogP contribution is 2.33. The summed E-state index contributed by atoms with van der Waals surface area (Å²) in [5, 5.41) is 5.93. The van der Waals surface area contributed by atoms with Crippen LogP contribution >= 0.6 is 11.3 Å². The predicted molar refractivity (Wildman–Crippen MR) is 93.8 cm³/mol. The molecule has 5 heteroatoms. The zero-order valence-electron chi connectivity index (χ0n) is 13.0. The highest BCUT2D eigenvalue weighted by molar-refractivity contribution is 7.14. The molecule has 2 amide bonds. The van der Waals surface area contributed by atoms with Crippen molar-refractivity contribution in [2.75, 3.05) is 25.0 Å². The molecule has 1 aliphatic carbocycles. The smallest absolute Gasteiger partial charge is 0.315 e. The number of piperazine rings is 1. The molecule has 1 saturated heterocycles. The van der Waals surface area contributed by atoms with Gasteiger partial charge in [-0.1, -0.05) is 30.3 Å². The largest absolute Gasteiger partial charge is 0.323 e. The van der Waals surface area contributed by atoms with Crippen LogP contribution in [0.15, 0.2) is 47.8 Å². The summed E-state index contributed by atoms with van der Waals surface area (Å²) < 4.78 is 0. The Kier molecular flexibility index (Phi) is 4.06. The molecule has 0 spiro atoms. The Hall–Kier alpha value is -1.85. The van der Waals surface area contributed by atoms with Crippen molar-refractivity contribution in [1.29, 1.82) is 0 Å². The summed E-state index contributed by atoms with van der Waals surface area (Å²) in [5.41, 5.74) is 1.22. The van der Waals surface area contributed by atoms with E-state index in [-0.39, 0.29) is 12.1 Å². The summed E-state index contributed by atoms with van der Waals surface area (Å²) in [6.07, 6.45) is 2.62. The summed E-state index contributed by atoms with van der Waals surface area (Å²) in [5.74, 6) is 0.